The molecule has 0 bridgehead atoms. The fourth-order valence-electron chi connectivity index (χ4n) is 3.40. The Hall–Kier alpha value is -2.89. The molecule has 32 heavy (non-hydrogen) atoms. The molecule has 0 fully saturated rings. The first kappa shape index (κ1) is 23.8. The first-order valence-corrected chi connectivity index (χ1v) is 10.9. The molecule has 170 valence electrons. The fraction of sp³-hybridized carbons (Fsp3) is 0.308. The van der Waals surface area contributed by atoms with Crippen molar-refractivity contribution in [1.82, 2.24) is 5.32 Å². The van der Waals surface area contributed by atoms with Crippen molar-refractivity contribution < 1.29 is 18.9 Å². The van der Waals surface area contributed by atoms with E-state index in [0.717, 1.165) is 35.6 Å². The van der Waals surface area contributed by atoms with Crippen molar-refractivity contribution in [3.8, 4) is 23.0 Å². The third-order valence-corrected chi connectivity index (χ3v) is 5.68. The van der Waals surface area contributed by atoms with E-state index in [1.165, 1.54) is 11.1 Å². The molecule has 0 saturated carbocycles. The Kier molecular flexibility index (Phi) is 8.65. The zero-order chi connectivity index (χ0) is 22.9. The van der Waals surface area contributed by atoms with Gasteiger partial charge in [-0.15, -0.1) is 0 Å². The van der Waals surface area contributed by atoms with E-state index in [-0.39, 0.29) is 0 Å². The highest BCUT2D eigenvalue weighted by Gasteiger charge is 2.12. The standard InChI is InChI=1S/C26H30ClNO4/c1-18-7-5-6-8-20(18)17-32-26-15-22(27)21(14-25(26)31-4)16-28-12-11-19-9-10-23(29-2)24(13-19)30-3/h5-10,13-15,28H,11-12,16-17H2,1-4H3. The predicted molar refractivity (Wildman–Crippen MR) is 128 cm³/mol. The summed E-state index contributed by atoms with van der Waals surface area (Å²) in [6.45, 7) is 3.95. The number of hydrogen-bond acceptors (Lipinski definition) is 5. The molecule has 0 saturated heterocycles. The van der Waals surface area contributed by atoms with Gasteiger partial charge in [0.1, 0.15) is 6.61 Å². The van der Waals surface area contributed by atoms with Crippen LogP contribution >= 0.6 is 11.6 Å². The van der Waals surface area contributed by atoms with Gasteiger partial charge in [0.05, 0.1) is 21.3 Å². The fourth-order valence-corrected chi connectivity index (χ4v) is 3.62. The topological polar surface area (TPSA) is 49.0 Å². The van der Waals surface area contributed by atoms with E-state index in [0.29, 0.717) is 29.7 Å². The lowest BCUT2D eigenvalue weighted by molar-refractivity contribution is 0.283. The number of rotatable bonds is 11. The van der Waals surface area contributed by atoms with Gasteiger partial charge in [0, 0.05) is 17.6 Å². The van der Waals surface area contributed by atoms with Crippen molar-refractivity contribution in [1.29, 1.82) is 0 Å². The number of ether oxygens (including phenoxy) is 4. The summed E-state index contributed by atoms with van der Waals surface area (Å²) in [6.07, 6.45) is 0.854. The van der Waals surface area contributed by atoms with Crippen LogP contribution in [0.3, 0.4) is 0 Å². The molecule has 1 N–H and O–H groups in total. The number of benzene rings is 3. The van der Waals surface area contributed by atoms with Gasteiger partial charge in [-0.1, -0.05) is 41.9 Å². The second-order valence-electron chi connectivity index (χ2n) is 7.43. The molecule has 3 rings (SSSR count). The van der Waals surface area contributed by atoms with Crippen LogP contribution in [0.1, 0.15) is 22.3 Å². The van der Waals surface area contributed by atoms with Crippen molar-refractivity contribution in [2.75, 3.05) is 27.9 Å². The maximum atomic E-state index is 6.53. The van der Waals surface area contributed by atoms with Gasteiger partial charge in [0.15, 0.2) is 23.0 Å². The zero-order valence-electron chi connectivity index (χ0n) is 19.0. The lowest BCUT2D eigenvalue weighted by atomic mass is 10.1. The third kappa shape index (κ3) is 6.09. The van der Waals surface area contributed by atoms with E-state index >= 15 is 0 Å². The summed E-state index contributed by atoms with van der Waals surface area (Å²) < 4.78 is 22.2. The molecule has 0 aromatic heterocycles. The average Bonchev–Trinajstić information content (AvgIpc) is 2.82. The van der Waals surface area contributed by atoms with E-state index in [9.17, 15) is 0 Å². The Morgan fingerprint density at radius 3 is 2.22 bits per heavy atom. The molecular formula is C26H30ClNO4. The summed E-state index contributed by atoms with van der Waals surface area (Å²) in [5.41, 5.74) is 4.44. The molecule has 6 heteroatoms. The van der Waals surface area contributed by atoms with E-state index in [1.54, 1.807) is 21.3 Å². The Bertz CT molecular complexity index is 1040. The highest BCUT2D eigenvalue weighted by Crippen LogP contribution is 2.34. The maximum Gasteiger partial charge on any atom is 0.163 e. The zero-order valence-corrected chi connectivity index (χ0v) is 19.8. The monoisotopic (exact) mass is 455 g/mol. The van der Waals surface area contributed by atoms with Crippen molar-refractivity contribution >= 4 is 11.6 Å². The Morgan fingerprint density at radius 2 is 1.50 bits per heavy atom. The van der Waals surface area contributed by atoms with Crippen molar-refractivity contribution in [2.24, 2.45) is 0 Å². The molecule has 0 spiro atoms. The molecule has 0 amide bonds. The van der Waals surface area contributed by atoms with E-state index in [4.69, 9.17) is 30.5 Å². The van der Waals surface area contributed by atoms with Crippen LogP contribution in [0.25, 0.3) is 0 Å². The maximum absolute atomic E-state index is 6.53. The molecule has 0 heterocycles. The smallest absolute Gasteiger partial charge is 0.163 e. The van der Waals surface area contributed by atoms with Crippen LogP contribution in [0.15, 0.2) is 54.6 Å². The van der Waals surface area contributed by atoms with Gasteiger partial charge in [-0.05, 0) is 60.3 Å². The Balaban J connectivity index is 1.58. The molecule has 0 aliphatic heterocycles. The van der Waals surface area contributed by atoms with Crippen LogP contribution in [0.5, 0.6) is 23.0 Å². The second kappa shape index (κ2) is 11.7. The van der Waals surface area contributed by atoms with Gasteiger partial charge in [0.2, 0.25) is 0 Å². The van der Waals surface area contributed by atoms with E-state index in [2.05, 4.69) is 24.4 Å². The lowest BCUT2D eigenvalue weighted by Gasteiger charge is -2.15. The summed E-state index contributed by atoms with van der Waals surface area (Å²) in [4.78, 5) is 0. The molecule has 3 aromatic rings. The quantitative estimate of drug-likeness (QED) is 0.382. The number of methoxy groups -OCH3 is 3. The van der Waals surface area contributed by atoms with Crippen molar-refractivity contribution in [3.05, 3.63) is 81.9 Å². The van der Waals surface area contributed by atoms with Crippen LogP contribution in [0.2, 0.25) is 5.02 Å². The van der Waals surface area contributed by atoms with Crippen LogP contribution in [-0.2, 0) is 19.6 Å². The van der Waals surface area contributed by atoms with Gasteiger partial charge in [-0.2, -0.15) is 0 Å². The molecule has 0 atom stereocenters. The van der Waals surface area contributed by atoms with Gasteiger partial charge in [-0.25, -0.2) is 0 Å². The molecule has 0 radical (unpaired) electrons. The average molecular weight is 456 g/mol. The van der Waals surface area contributed by atoms with Crippen molar-refractivity contribution in [3.63, 3.8) is 0 Å². The lowest BCUT2D eigenvalue weighted by Crippen LogP contribution is -2.17. The largest absolute Gasteiger partial charge is 0.493 e. The first-order valence-electron chi connectivity index (χ1n) is 10.5. The molecule has 0 aliphatic rings. The molecule has 5 nitrogen and oxygen atoms in total. The predicted octanol–water partition coefficient (Wildman–Crippen LogP) is 5.59. The van der Waals surface area contributed by atoms with Crippen LogP contribution < -0.4 is 24.3 Å². The van der Waals surface area contributed by atoms with Crippen LogP contribution in [0.4, 0.5) is 0 Å². The molecule has 0 aliphatic carbocycles. The number of halogens is 1. The normalized spacial score (nSPS) is 10.7. The van der Waals surface area contributed by atoms with E-state index < -0.39 is 0 Å². The second-order valence-corrected chi connectivity index (χ2v) is 7.83. The summed E-state index contributed by atoms with van der Waals surface area (Å²) >= 11 is 6.53. The highest BCUT2D eigenvalue weighted by molar-refractivity contribution is 6.31. The Labute approximate surface area is 195 Å². The third-order valence-electron chi connectivity index (χ3n) is 5.33. The van der Waals surface area contributed by atoms with E-state index in [1.807, 2.05) is 42.5 Å². The Morgan fingerprint density at radius 1 is 0.781 bits per heavy atom. The molecule has 3 aromatic carbocycles. The number of hydrogen-bond donors (Lipinski definition) is 1. The van der Waals surface area contributed by atoms with Crippen LogP contribution in [0, 0.1) is 6.92 Å². The molecular weight excluding hydrogens is 426 g/mol. The van der Waals surface area contributed by atoms with Gasteiger partial charge >= 0.3 is 0 Å². The first-order chi connectivity index (χ1) is 15.5. The highest BCUT2D eigenvalue weighted by atomic mass is 35.5. The van der Waals surface area contributed by atoms with Gasteiger partial charge < -0.3 is 24.3 Å². The molecule has 0 unspecified atom stereocenters. The summed E-state index contributed by atoms with van der Waals surface area (Å²) in [5, 5.41) is 4.08. The summed E-state index contributed by atoms with van der Waals surface area (Å²) in [6, 6.07) is 17.9. The minimum Gasteiger partial charge on any atom is -0.493 e. The minimum atomic E-state index is 0.461. The minimum absolute atomic E-state index is 0.461. The van der Waals surface area contributed by atoms with Gasteiger partial charge in [0.25, 0.3) is 0 Å². The van der Waals surface area contributed by atoms with Crippen LogP contribution in [-0.4, -0.2) is 27.9 Å². The number of aryl methyl sites for hydroxylation is 1. The summed E-state index contributed by atoms with van der Waals surface area (Å²) in [7, 11) is 4.91. The van der Waals surface area contributed by atoms with Gasteiger partial charge in [-0.3, -0.25) is 0 Å². The number of nitrogens with one attached hydrogen (secondary N) is 1. The summed E-state index contributed by atoms with van der Waals surface area (Å²) in [5.74, 6) is 2.77. The van der Waals surface area contributed by atoms with Crippen molar-refractivity contribution in [2.45, 2.75) is 26.5 Å². The SMILES string of the molecule is COc1ccc(CCNCc2cc(OC)c(OCc3ccccc3C)cc2Cl)cc1OC.